The summed E-state index contributed by atoms with van der Waals surface area (Å²) in [7, 11) is -10.6. The number of rotatable bonds is 22. The number of ether oxygens (including phenoxy) is 8. The van der Waals surface area contributed by atoms with Crippen molar-refractivity contribution in [2.24, 2.45) is 15.7 Å². The molecule has 0 aromatic heterocycles. The van der Waals surface area contributed by atoms with E-state index >= 15 is 0 Å². The number of carboxylic acids is 2. The van der Waals surface area contributed by atoms with Crippen molar-refractivity contribution in [3.05, 3.63) is 0 Å². The van der Waals surface area contributed by atoms with E-state index in [1.807, 2.05) is 0 Å². The van der Waals surface area contributed by atoms with E-state index in [-0.39, 0.29) is 125 Å². The first kappa shape index (κ1) is 72.0. The molecule has 388 valence electrons. The van der Waals surface area contributed by atoms with Crippen LogP contribution in [-0.4, -0.2) is 234 Å². The number of hydrogen-bond acceptors (Lipinski definition) is 30. The van der Waals surface area contributed by atoms with Crippen molar-refractivity contribution in [2.75, 3.05) is 26.4 Å². The Morgan fingerprint density at radius 3 is 1.37 bits per heavy atom. The molecule has 0 amide bonds. The van der Waals surface area contributed by atoms with Gasteiger partial charge in [0.05, 0.1) is 25.2 Å². The van der Waals surface area contributed by atoms with Crippen molar-refractivity contribution in [1.29, 1.82) is 0 Å². The Balaban J connectivity index is 0.0000122. The second kappa shape index (κ2) is 32.2. The zero-order valence-corrected chi connectivity index (χ0v) is 48.6. The van der Waals surface area contributed by atoms with E-state index in [0.717, 1.165) is 13.8 Å². The predicted octanol–water partition coefficient (Wildman–Crippen LogP) is -23.8. The van der Waals surface area contributed by atoms with E-state index in [9.17, 15) is 91.7 Å². The summed E-state index contributed by atoms with van der Waals surface area (Å²) in [5, 5.41) is 125. The van der Waals surface area contributed by atoms with Gasteiger partial charge in [0, 0.05) is 6.61 Å². The number of carbonyl (C=O) groups excluding carboxylic acids is 2. The Bertz CT molecular complexity index is 1950. The second-order valence-electron chi connectivity index (χ2n) is 15.2. The Kier molecular flexibility index (Phi) is 32.6. The fourth-order valence-electron chi connectivity index (χ4n) is 7.20. The van der Waals surface area contributed by atoms with Crippen molar-refractivity contribution in [3.8, 4) is 0 Å². The van der Waals surface area contributed by atoms with Crippen molar-refractivity contribution in [2.45, 2.75) is 156 Å². The molecule has 0 unspecified atom stereocenters. The predicted molar refractivity (Wildman–Crippen MR) is 199 cm³/mol. The fraction of sp³-hybridized carbons (Fsp3) is 0.879. The first-order chi connectivity index (χ1) is 31.1. The monoisotopic (exact) mass is 1110 g/mol. The third kappa shape index (κ3) is 20.6. The van der Waals surface area contributed by atoms with E-state index < -0.39 is 180 Å². The van der Waals surface area contributed by atoms with Gasteiger partial charge in [-0.05, 0) is 51.5 Å². The maximum absolute atomic E-state index is 12.6. The van der Waals surface area contributed by atoms with Crippen LogP contribution in [0.3, 0.4) is 0 Å². The molecule has 4 saturated heterocycles. The summed E-state index contributed by atoms with van der Waals surface area (Å²) in [4.78, 5) is 31.5. The minimum absolute atomic E-state index is 0. The molecule has 0 radical (unpaired) electrons. The molecule has 38 heteroatoms. The van der Waals surface area contributed by atoms with Crippen molar-refractivity contribution in [3.63, 3.8) is 0 Å². The molecule has 4 aliphatic rings. The molecule has 4 aliphatic heterocycles. The molecule has 11 N–H and O–H groups in total. The molecule has 0 aromatic carbocycles. The molecular formula is C33H51N3Na4O29S2. The van der Waals surface area contributed by atoms with Crippen LogP contribution in [0.1, 0.15) is 33.1 Å². The largest absolute Gasteiger partial charge is 1.00 e. The van der Waals surface area contributed by atoms with E-state index in [1.54, 1.807) is 0 Å². The molecule has 0 bridgehead atoms. The Morgan fingerprint density at radius 2 is 0.944 bits per heavy atom. The molecule has 0 aromatic rings. The molecular weight excluding hydrogens is 1060 g/mol. The molecule has 4 rings (SSSR count). The minimum Gasteiger partial charge on any atom is -0.862 e. The van der Waals surface area contributed by atoms with Crippen LogP contribution in [0.5, 0.6) is 0 Å². The summed E-state index contributed by atoms with van der Waals surface area (Å²) in [6.45, 7) is -0.519. The zero-order valence-electron chi connectivity index (χ0n) is 39.0. The van der Waals surface area contributed by atoms with Gasteiger partial charge in [-0.25, -0.2) is 8.37 Å². The van der Waals surface area contributed by atoms with Gasteiger partial charge in [-0.3, -0.25) is 19.1 Å². The number of carboxylic acid groups (broad SMARTS) is 2. The standard InChI is InChI=1S/C33H55N3O29S2.4Na/c1-10(37)35-14-16(39)23(12(8-57-66(50,51)52)59-30(14)56-7-5-3-4-6-34)62-33-22(45)20(43)25(27(65-33)29(48)49)63-31-15(36-11(2)38)17(40)24(13(60-31)9-58-67(53,54)55)61-32-21(44)18(41)19(42)26(64-32)28(46)47;;;;/h12-27,30-33,39-45H,3-9,34H2,1-2H3,(H,35,37)(H,36,38)(H,46,47)(H,48,49)(H,50,51,52)(H,53,54,55);;;;/q;4*+1/p-4/t12-,13-,14-,15-,16-,17-,18+,19+,20-,21-,22-,23-,24-,25+,26-,27+,30+,31-,32-,33-;;;;/m1..../s1. The average Bonchev–Trinajstić information content (AvgIpc) is 3.22. The van der Waals surface area contributed by atoms with Crippen LogP contribution in [0.4, 0.5) is 0 Å². The van der Waals surface area contributed by atoms with E-state index in [4.69, 9.17) is 43.6 Å². The number of carbonyl (C=O) groups is 2. The van der Waals surface area contributed by atoms with E-state index in [2.05, 4.69) is 18.4 Å². The van der Waals surface area contributed by atoms with Gasteiger partial charge < -0.3 is 109 Å². The second-order valence-corrected chi connectivity index (χ2v) is 17.4. The number of aliphatic hydroxyl groups is 7. The molecule has 71 heavy (non-hydrogen) atoms. The molecule has 0 saturated carbocycles. The van der Waals surface area contributed by atoms with Gasteiger partial charge in [0.1, 0.15) is 97.5 Å². The van der Waals surface area contributed by atoms with Gasteiger partial charge in [0.15, 0.2) is 25.2 Å². The number of aliphatic imine (C=N–C) groups is 2. The number of aliphatic hydroxyl groups excluding tert-OH is 7. The summed E-state index contributed by atoms with van der Waals surface area (Å²) < 4.78 is 118. The third-order valence-electron chi connectivity index (χ3n) is 10.3. The van der Waals surface area contributed by atoms with Crippen molar-refractivity contribution in [1.82, 2.24) is 0 Å². The number of hydrogen-bond donors (Lipinski definition) is 10. The molecule has 0 aliphatic carbocycles. The smallest absolute Gasteiger partial charge is 0.862 e. The topological polar surface area (TPSA) is 520 Å². The number of unbranched alkanes of at least 4 members (excludes halogenated alkanes) is 2. The molecule has 0 spiro atoms. The number of nitrogens with zero attached hydrogens (tertiary/aromatic N) is 2. The fourth-order valence-corrected chi connectivity index (χ4v) is 7.81. The van der Waals surface area contributed by atoms with Gasteiger partial charge in [0.2, 0.25) is 0 Å². The van der Waals surface area contributed by atoms with Gasteiger partial charge >= 0.3 is 139 Å². The van der Waals surface area contributed by atoms with Crippen LogP contribution < -0.4 is 144 Å². The maximum atomic E-state index is 12.6. The van der Waals surface area contributed by atoms with E-state index in [0.29, 0.717) is 25.8 Å². The summed E-state index contributed by atoms with van der Waals surface area (Å²) in [6, 6.07) is -3.85. The van der Waals surface area contributed by atoms with Crippen LogP contribution in [0.25, 0.3) is 0 Å². The van der Waals surface area contributed by atoms with Crippen LogP contribution in [0, 0.1) is 0 Å². The Morgan fingerprint density at radius 1 is 0.535 bits per heavy atom. The van der Waals surface area contributed by atoms with Crippen LogP contribution in [0.2, 0.25) is 0 Å². The number of nitrogens with two attached hydrogens (primary N) is 1. The first-order valence-corrected chi connectivity index (χ1v) is 22.6. The van der Waals surface area contributed by atoms with Gasteiger partial charge in [-0.2, -0.15) is 16.8 Å². The van der Waals surface area contributed by atoms with Crippen LogP contribution in [-0.2, 0) is 76.6 Å². The number of aliphatic carboxylic acids is 2. The Labute approximate surface area is 493 Å². The van der Waals surface area contributed by atoms with Crippen molar-refractivity contribution >= 4 is 44.5 Å². The SMILES string of the molecule is CC([O-])=N[C@H]1[C@@H](O[C@H]2[C@H](O)[C@@H](O)[C@H](O[C@H]3[C@H](O)[C@@H](N=C(C)[O-])[C@@H](OCCCCCN)O[C@@H]3COS(=O)(=O)O)O[C@@H]2C(=O)[O-])O[C@H](COS(=O)(=O)O)[C@@H](O[C@@H]2O[C@@H](C(=O)[O-])[C@@H](O)[C@H](O)[C@H]2O)[C@@H]1O.[Na+].[Na+].[Na+].[Na+]. The van der Waals surface area contributed by atoms with Crippen LogP contribution >= 0.6 is 0 Å². The first-order valence-electron chi connectivity index (χ1n) is 19.9. The minimum atomic E-state index is -5.39. The normalized spacial score (nSPS) is 38.1. The Hall–Kier alpha value is 0.980. The quantitative estimate of drug-likeness (QED) is 0.0158. The summed E-state index contributed by atoms with van der Waals surface area (Å²) in [5.74, 6) is -6.43. The van der Waals surface area contributed by atoms with Gasteiger partial charge in [0.25, 0.3) is 0 Å². The van der Waals surface area contributed by atoms with E-state index in [1.165, 1.54) is 0 Å². The summed E-state index contributed by atoms with van der Waals surface area (Å²) >= 11 is 0. The van der Waals surface area contributed by atoms with Crippen molar-refractivity contribution < 1.29 is 256 Å². The molecule has 32 nitrogen and oxygen atoms in total. The van der Waals surface area contributed by atoms with Gasteiger partial charge in [-0.1, -0.05) is 0 Å². The molecule has 4 heterocycles. The molecule has 20 atom stereocenters. The average molecular weight is 1110 g/mol. The molecule has 4 fully saturated rings. The zero-order chi connectivity index (χ0) is 50.3. The summed E-state index contributed by atoms with van der Waals surface area (Å²) in [5.41, 5.74) is 5.49. The van der Waals surface area contributed by atoms with Gasteiger partial charge in [-0.15, -0.1) is 0 Å². The maximum Gasteiger partial charge on any atom is 1.00 e. The summed E-state index contributed by atoms with van der Waals surface area (Å²) in [6.07, 6.45) is -39.5. The third-order valence-corrected chi connectivity index (χ3v) is 11.2. The van der Waals surface area contributed by atoms with Crippen LogP contribution in [0.15, 0.2) is 9.98 Å².